The van der Waals surface area contributed by atoms with Gasteiger partial charge in [-0.25, -0.2) is 4.68 Å². The molecule has 3 rings (SSSR count). The van der Waals surface area contributed by atoms with Crippen LogP contribution in [-0.4, -0.2) is 20.2 Å². The molecule has 94 valence electrons. The number of aryl methyl sites for hydroxylation is 1. The van der Waals surface area contributed by atoms with Gasteiger partial charge in [-0.15, -0.1) is 16.9 Å². The number of fused-ring (bicyclic) bond motifs is 1. The number of rotatable bonds is 2. The lowest BCUT2D eigenvalue weighted by molar-refractivity contribution is 0.589. The monoisotopic (exact) mass is 324 g/mol. The van der Waals surface area contributed by atoms with Gasteiger partial charge in [0.1, 0.15) is 0 Å². The molecule has 0 bridgehead atoms. The van der Waals surface area contributed by atoms with E-state index in [2.05, 4.69) is 50.5 Å². The lowest BCUT2D eigenvalue weighted by Gasteiger charge is -2.18. The topological polar surface area (TPSA) is 56.7 Å². The summed E-state index contributed by atoms with van der Waals surface area (Å²) in [5, 5.41) is 8.33. The van der Waals surface area contributed by atoms with Crippen LogP contribution in [0.2, 0.25) is 0 Å². The third kappa shape index (κ3) is 1.98. The molecule has 18 heavy (non-hydrogen) atoms. The van der Waals surface area contributed by atoms with Crippen LogP contribution >= 0.6 is 27.7 Å². The summed E-state index contributed by atoms with van der Waals surface area (Å²) in [6.45, 7) is 0. The molecule has 2 N–H and O–H groups in total. The maximum atomic E-state index is 6.37. The summed E-state index contributed by atoms with van der Waals surface area (Å²) in [4.78, 5) is 1.34. The molecule has 0 radical (unpaired) electrons. The summed E-state index contributed by atoms with van der Waals surface area (Å²) in [5.41, 5.74) is 8.72. The largest absolute Gasteiger partial charge is 0.322 e. The summed E-state index contributed by atoms with van der Waals surface area (Å²) < 4.78 is 2.49. The van der Waals surface area contributed by atoms with Crippen molar-refractivity contribution >= 4 is 27.7 Å². The maximum Gasteiger partial charge on any atom is 0.153 e. The third-order valence-corrected chi connectivity index (χ3v) is 5.19. The normalized spacial score (nSPS) is 19.8. The van der Waals surface area contributed by atoms with Crippen LogP contribution in [0.4, 0.5) is 0 Å². The summed E-state index contributed by atoms with van der Waals surface area (Å²) in [6, 6.07) is 8.40. The summed E-state index contributed by atoms with van der Waals surface area (Å²) in [7, 11) is 1.87. The predicted octanol–water partition coefficient (Wildman–Crippen LogP) is 2.29. The van der Waals surface area contributed by atoms with Crippen molar-refractivity contribution < 1.29 is 0 Å². The lowest BCUT2D eigenvalue weighted by atomic mass is 10.0. The van der Waals surface area contributed by atoms with E-state index < -0.39 is 0 Å². The van der Waals surface area contributed by atoms with Gasteiger partial charge in [0.2, 0.25) is 0 Å². The van der Waals surface area contributed by atoms with Gasteiger partial charge in [-0.2, -0.15) is 0 Å². The molecule has 1 aromatic carbocycles. The van der Waals surface area contributed by atoms with Gasteiger partial charge in [0.15, 0.2) is 4.60 Å². The Hall–Kier alpha value is -0.850. The Bertz CT molecular complexity index is 539. The quantitative estimate of drug-likeness (QED) is 0.920. The Kier molecular flexibility index (Phi) is 3.17. The summed E-state index contributed by atoms with van der Waals surface area (Å²) in [5.74, 6) is 0. The standard InChI is InChI=1S/C12H13BrN4S/c1-17-11(12(13)15-16-17)10(14)9-6-7-4-2-3-5-8(7)18-9/h2-5,9-10H,6,14H2,1H3. The molecule has 0 aliphatic carbocycles. The first kappa shape index (κ1) is 12.2. The van der Waals surface area contributed by atoms with E-state index in [9.17, 15) is 0 Å². The van der Waals surface area contributed by atoms with Crippen molar-refractivity contribution in [2.45, 2.75) is 22.6 Å². The van der Waals surface area contributed by atoms with E-state index >= 15 is 0 Å². The molecule has 0 saturated carbocycles. The molecule has 6 heteroatoms. The van der Waals surface area contributed by atoms with Crippen LogP contribution in [0.5, 0.6) is 0 Å². The zero-order valence-corrected chi connectivity index (χ0v) is 12.3. The van der Waals surface area contributed by atoms with Crippen LogP contribution in [0.3, 0.4) is 0 Å². The first-order valence-corrected chi connectivity index (χ1v) is 7.39. The second-order valence-electron chi connectivity index (χ2n) is 4.38. The molecule has 1 aromatic heterocycles. The van der Waals surface area contributed by atoms with E-state index in [1.165, 1.54) is 10.5 Å². The highest BCUT2D eigenvalue weighted by molar-refractivity contribution is 9.10. The predicted molar refractivity (Wildman–Crippen MR) is 75.4 cm³/mol. The number of halogens is 1. The minimum absolute atomic E-state index is 0.0724. The van der Waals surface area contributed by atoms with Crippen molar-refractivity contribution in [3.63, 3.8) is 0 Å². The highest BCUT2D eigenvalue weighted by Gasteiger charge is 2.31. The average molecular weight is 325 g/mol. The number of hydrogen-bond acceptors (Lipinski definition) is 4. The SMILES string of the molecule is Cn1nnc(Br)c1C(N)C1Cc2ccccc2S1. The molecule has 2 aromatic rings. The molecule has 0 saturated heterocycles. The van der Waals surface area contributed by atoms with Gasteiger partial charge in [-0.3, -0.25) is 0 Å². The Morgan fingerprint density at radius 1 is 1.50 bits per heavy atom. The van der Waals surface area contributed by atoms with E-state index in [1.54, 1.807) is 4.68 Å². The van der Waals surface area contributed by atoms with Gasteiger partial charge >= 0.3 is 0 Å². The van der Waals surface area contributed by atoms with Crippen molar-refractivity contribution in [2.24, 2.45) is 12.8 Å². The molecule has 0 spiro atoms. The third-order valence-electron chi connectivity index (χ3n) is 3.22. The number of hydrogen-bond donors (Lipinski definition) is 1. The van der Waals surface area contributed by atoms with Crippen LogP contribution in [0.15, 0.2) is 33.8 Å². The van der Waals surface area contributed by atoms with Gasteiger partial charge in [0, 0.05) is 17.2 Å². The minimum Gasteiger partial charge on any atom is -0.322 e. The fraction of sp³-hybridized carbons (Fsp3) is 0.333. The van der Waals surface area contributed by atoms with Crippen LogP contribution in [-0.2, 0) is 13.5 Å². The lowest BCUT2D eigenvalue weighted by Crippen LogP contribution is -2.26. The van der Waals surface area contributed by atoms with Crippen LogP contribution in [0.25, 0.3) is 0 Å². The van der Waals surface area contributed by atoms with Crippen molar-refractivity contribution in [2.75, 3.05) is 0 Å². The molecule has 1 aliphatic heterocycles. The van der Waals surface area contributed by atoms with E-state index in [4.69, 9.17) is 5.73 Å². The van der Waals surface area contributed by atoms with E-state index in [1.807, 2.05) is 18.8 Å². The molecule has 2 atom stereocenters. The van der Waals surface area contributed by atoms with Crippen LogP contribution in [0, 0.1) is 0 Å². The summed E-state index contributed by atoms with van der Waals surface area (Å²) in [6.07, 6.45) is 1.000. The van der Waals surface area contributed by atoms with Gasteiger partial charge < -0.3 is 5.73 Å². The van der Waals surface area contributed by atoms with E-state index in [0.717, 1.165) is 16.7 Å². The van der Waals surface area contributed by atoms with Crippen LogP contribution < -0.4 is 5.73 Å². The molecule has 1 aliphatic rings. The van der Waals surface area contributed by atoms with Crippen LogP contribution in [0.1, 0.15) is 17.3 Å². The number of benzene rings is 1. The molecule has 0 fully saturated rings. The zero-order chi connectivity index (χ0) is 12.7. The highest BCUT2D eigenvalue weighted by Crippen LogP contribution is 2.42. The van der Waals surface area contributed by atoms with Gasteiger partial charge in [0.05, 0.1) is 11.7 Å². The number of nitrogens with zero attached hydrogens (tertiary/aromatic N) is 3. The second-order valence-corrected chi connectivity index (χ2v) is 6.42. The Morgan fingerprint density at radius 3 is 2.94 bits per heavy atom. The average Bonchev–Trinajstić information content (AvgIpc) is 2.92. The smallest absolute Gasteiger partial charge is 0.153 e. The zero-order valence-electron chi connectivity index (χ0n) is 9.88. The molecule has 0 amide bonds. The van der Waals surface area contributed by atoms with E-state index in [0.29, 0.717) is 5.25 Å². The van der Waals surface area contributed by atoms with Gasteiger partial charge in [-0.05, 0) is 34.0 Å². The minimum atomic E-state index is -0.0724. The van der Waals surface area contributed by atoms with Crippen molar-refractivity contribution in [3.05, 3.63) is 40.1 Å². The first-order valence-electron chi connectivity index (χ1n) is 5.72. The molecule has 4 nitrogen and oxygen atoms in total. The second kappa shape index (κ2) is 4.68. The van der Waals surface area contributed by atoms with Crippen molar-refractivity contribution in [1.82, 2.24) is 15.0 Å². The molecule has 2 unspecified atom stereocenters. The van der Waals surface area contributed by atoms with Gasteiger partial charge in [-0.1, -0.05) is 23.4 Å². The fourth-order valence-corrected chi connectivity index (χ4v) is 4.19. The number of thioether (sulfide) groups is 1. The number of nitrogens with two attached hydrogens (primary N) is 1. The Labute approximate surface area is 118 Å². The Balaban J connectivity index is 1.87. The first-order chi connectivity index (χ1) is 8.66. The Morgan fingerprint density at radius 2 is 2.28 bits per heavy atom. The summed E-state index contributed by atoms with van der Waals surface area (Å²) >= 11 is 5.26. The maximum absolute atomic E-state index is 6.37. The molecule has 2 heterocycles. The molecular formula is C12H13BrN4S. The van der Waals surface area contributed by atoms with E-state index in [-0.39, 0.29) is 6.04 Å². The highest BCUT2D eigenvalue weighted by atomic mass is 79.9. The van der Waals surface area contributed by atoms with Gasteiger partial charge in [0.25, 0.3) is 0 Å². The molecular weight excluding hydrogens is 312 g/mol. The fourth-order valence-electron chi connectivity index (χ4n) is 2.28. The number of aromatic nitrogens is 3. The van der Waals surface area contributed by atoms with Crippen molar-refractivity contribution in [3.8, 4) is 0 Å². The van der Waals surface area contributed by atoms with Crippen molar-refractivity contribution in [1.29, 1.82) is 0 Å².